The van der Waals surface area contributed by atoms with Crippen LogP contribution in [0.25, 0.3) is 0 Å². The van der Waals surface area contributed by atoms with Crippen LogP contribution in [-0.4, -0.2) is 16.6 Å². The molecule has 0 fully saturated rings. The second-order valence-corrected chi connectivity index (χ2v) is 3.94. The minimum atomic E-state index is 0.0593. The van der Waals surface area contributed by atoms with Crippen LogP contribution in [0.4, 0.5) is 0 Å². The molecule has 1 heterocycles. The van der Waals surface area contributed by atoms with Crippen LogP contribution in [0, 0.1) is 0 Å². The fourth-order valence-electron chi connectivity index (χ4n) is 1.16. The lowest BCUT2D eigenvalue weighted by atomic mass is 10.3. The first-order valence-corrected chi connectivity index (χ1v) is 5.42. The molecule has 13 heavy (non-hydrogen) atoms. The summed E-state index contributed by atoms with van der Waals surface area (Å²) in [6, 6.07) is 0. The van der Waals surface area contributed by atoms with Gasteiger partial charge in [0.15, 0.2) is 0 Å². The molecule has 0 aliphatic heterocycles. The predicted molar refractivity (Wildman–Crippen MR) is 54.8 cm³/mol. The van der Waals surface area contributed by atoms with Gasteiger partial charge in [-0.05, 0) is 13.0 Å². The van der Waals surface area contributed by atoms with E-state index in [4.69, 9.17) is 5.11 Å². The molecule has 0 amide bonds. The van der Waals surface area contributed by atoms with Crippen molar-refractivity contribution in [1.29, 1.82) is 0 Å². The van der Waals surface area contributed by atoms with Gasteiger partial charge in [-0.3, -0.25) is 0 Å². The van der Waals surface area contributed by atoms with Crippen molar-refractivity contribution in [2.75, 3.05) is 6.54 Å². The highest BCUT2D eigenvalue weighted by Crippen LogP contribution is 2.18. The van der Waals surface area contributed by atoms with Crippen LogP contribution in [0.15, 0.2) is 0 Å². The van der Waals surface area contributed by atoms with Gasteiger partial charge in [0.25, 0.3) is 0 Å². The predicted octanol–water partition coefficient (Wildman–Crippen LogP) is 1.31. The van der Waals surface area contributed by atoms with Crippen molar-refractivity contribution in [2.24, 2.45) is 0 Å². The molecule has 1 aromatic heterocycles. The summed E-state index contributed by atoms with van der Waals surface area (Å²) in [5.74, 6) is 0. The average molecular weight is 200 g/mol. The monoisotopic (exact) mass is 200 g/mol. The summed E-state index contributed by atoms with van der Waals surface area (Å²) in [7, 11) is 0. The van der Waals surface area contributed by atoms with Gasteiger partial charge in [0.1, 0.15) is 5.01 Å². The lowest BCUT2D eigenvalue weighted by Crippen LogP contribution is -2.11. The van der Waals surface area contributed by atoms with Gasteiger partial charge >= 0.3 is 0 Å². The zero-order valence-corrected chi connectivity index (χ0v) is 8.95. The van der Waals surface area contributed by atoms with Crippen molar-refractivity contribution >= 4 is 11.3 Å². The number of hydrogen-bond acceptors (Lipinski definition) is 4. The molecule has 74 valence electrons. The van der Waals surface area contributed by atoms with Crippen molar-refractivity contribution in [3.8, 4) is 0 Å². The van der Waals surface area contributed by atoms with E-state index in [1.54, 1.807) is 11.3 Å². The van der Waals surface area contributed by atoms with E-state index in [-0.39, 0.29) is 6.61 Å². The van der Waals surface area contributed by atoms with Crippen molar-refractivity contribution in [2.45, 2.75) is 33.4 Å². The molecule has 0 spiro atoms. The molecule has 4 heteroatoms. The highest BCUT2D eigenvalue weighted by atomic mass is 32.1. The van der Waals surface area contributed by atoms with Crippen molar-refractivity contribution < 1.29 is 5.11 Å². The van der Waals surface area contributed by atoms with E-state index >= 15 is 0 Å². The van der Waals surface area contributed by atoms with E-state index in [0.717, 1.165) is 30.2 Å². The number of hydrogen-bond donors (Lipinski definition) is 2. The van der Waals surface area contributed by atoms with Gasteiger partial charge < -0.3 is 10.4 Å². The summed E-state index contributed by atoms with van der Waals surface area (Å²) in [6.07, 6.45) is 0.942. The topological polar surface area (TPSA) is 45.1 Å². The molecule has 0 unspecified atom stereocenters. The van der Waals surface area contributed by atoms with Gasteiger partial charge in [-0.25, -0.2) is 4.98 Å². The molecule has 0 bridgehead atoms. The normalized spacial score (nSPS) is 10.7. The second-order valence-electron chi connectivity index (χ2n) is 2.77. The highest BCUT2D eigenvalue weighted by molar-refractivity contribution is 7.11. The largest absolute Gasteiger partial charge is 0.389 e. The second kappa shape index (κ2) is 5.32. The minimum absolute atomic E-state index is 0.0593. The molecule has 1 aromatic rings. The Morgan fingerprint density at radius 1 is 1.46 bits per heavy atom. The molecule has 0 aliphatic carbocycles. The Bertz CT molecular complexity index is 260. The SMILES string of the molecule is CCNCc1sc(CO)nc1CC. The first-order chi connectivity index (χ1) is 6.31. The molecular weight excluding hydrogens is 184 g/mol. The van der Waals surface area contributed by atoms with Gasteiger partial charge in [-0.2, -0.15) is 0 Å². The quantitative estimate of drug-likeness (QED) is 0.753. The maximum atomic E-state index is 8.92. The van der Waals surface area contributed by atoms with Gasteiger partial charge in [-0.15, -0.1) is 11.3 Å². The number of thiazole rings is 1. The molecule has 0 aromatic carbocycles. The number of aliphatic hydroxyl groups is 1. The number of nitrogens with one attached hydrogen (secondary N) is 1. The summed E-state index contributed by atoms with van der Waals surface area (Å²) in [6.45, 7) is 6.07. The van der Waals surface area contributed by atoms with Crippen LogP contribution < -0.4 is 5.32 Å². The Hall–Kier alpha value is -0.450. The van der Waals surface area contributed by atoms with E-state index < -0.39 is 0 Å². The minimum Gasteiger partial charge on any atom is -0.389 e. The van der Waals surface area contributed by atoms with Crippen molar-refractivity contribution in [3.63, 3.8) is 0 Å². The van der Waals surface area contributed by atoms with E-state index in [2.05, 4.69) is 24.1 Å². The maximum Gasteiger partial charge on any atom is 0.119 e. The van der Waals surface area contributed by atoms with Crippen molar-refractivity contribution in [3.05, 3.63) is 15.6 Å². The van der Waals surface area contributed by atoms with Crippen LogP contribution in [0.5, 0.6) is 0 Å². The lowest BCUT2D eigenvalue weighted by molar-refractivity contribution is 0.281. The molecule has 3 nitrogen and oxygen atoms in total. The first kappa shape index (κ1) is 10.6. The highest BCUT2D eigenvalue weighted by Gasteiger charge is 2.07. The van der Waals surface area contributed by atoms with Gasteiger partial charge in [0, 0.05) is 11.4 Å². The fourth-order valence-corrected chi connectivity index (χ4v) is 2.14. The first-order valence-electron chi connectivity index (χ1n) is 4.60. The van der Waals surface area contributed by atoms with Crippen LogP contribution in [0.3, 0.4) is 0 Å². The molecule has 0 radical (unpaired) electrons. The molecule has 0 aliphatic rings. The van der Waals surface area contributed by atoms with Crippen LogP contribution in [-0.2, 0) is 19.6 Å². The number of rotatable bonds is 5. The number of aryl methyl sites for hydroxylation is 1. The van der Waals surface area contributed by atoms with Crippen LogP contribution >= 0.6 is 11.3 Å². The Morgan fingerprint density at radius 3 is 2.77 bits per heavy atom. The average Bonchev–Trinajstić information content (AvgIpc) is 2.57. The number of nitrogens with zero attached hydrogens (tertiary/aromatic N) is 1. The number of aromatic nitrogens is 1. The van der Waals surface area contributed by atoms with E-state index in [9.17, 15) is 0 Å². The Morgan fingerprint density at radius 2 is 2.23 bits per heavy atom. The summed E-state index contributed by atoms with van der Waals surface area (Å²) < 4.78 is 0. The molecule has 2 N–H and O–H groups in total. The number of aliphatic hydroxyl groups excluding tert-OH is 1. The van der Waals surface area contributed by atoms with E-state index in [0.29, 0.717) is 0 Å². The Labute approximate surface area is 82.8 Å². The van der Waals surface area contributed by atoms with E-state index in [1.165, 1.54) is 4.88 Å². The lowest BCUT2D eigenvalue weighted by Gasteiger charge is -1.99. The van der Waals surface area contributed by atoms with Crippen molar-refractivity contribution in [1.82, 2.24) is 10.3 Å². The third kappa shape index (κ3) is 2.76. The summed E-state index contributed by atoms with van der Waals surface area (Å²) in [5, 5.41) is 13.0. The van der Waals surface area contributed by atoms with Gasteiger partial charge in [0.05, 0.1) is 12.3 Å². The molecular formula is C9H16N2OS. The maximum absolute atomic E-state index is 8.92. The summed E-state index contributed by atoms with van der Waals surface area (Å²) >= 11 is 1.60. The Balaban J connectivity index is 2.71. The zero-order chi connectivity index (χ0) is 9.68. The smallest absolute Gasteiger partial charge is 0.119 e. The van der Waals surface area contributed by atoms with Gasteiger partial charge in [0.2, 0.25) is 0 Å². The third-order valence-electron chi connectivity index (χ3n) is 1.83. The third-order valence-corrected chi connectivity index (χ3v) is 2.91. The van der Waals surface area contributed by atoms with Crippen LogP contribution in [0.2, 0.25) is 0 Å². The fraction of sp³-hybridized carbons (Fsp3) is 0.667. The van der Waals surface area contributed by atoms with E-state index in [1.807, 2.05) is 0 Å². The summed E-state index contributed by atoms with van der Waals surface area (Å²) in [5.41, 5.74) is 1.12. The van der Waals surface area contributed by atoms with Crippen LogP contribution in [0.1, 0.15) is 29.4 Å². The zero-order valence-electron chi connectivity index (χ0n) is 8.13. The standard InChI is InChI=1S/C9H16N2OS/c1-3-7-8(5-10-4-2)13-9(6-12)11-7/h10,12H,3-6H2,1-2H3. The molecule has 0 atom stereocenters. The summed E-state index contributed by atoms with van der Waals surface area (Å²) in [4.78, 5) is 5.59. The molecule has 1 rings (SSSR count). The van der Waals surface area contributed by atoms with Gasteiger partial charge in [-0.1, -0.05) is 13.8 Å². The molecule has 0 saturated heterocycles. The Kier molecular flexibility index (Phi) is 4.35. The molecule has 0 saturated carbocycles.